The van der Waals surface area contributed by atoms with Crippen LogP contribution in [0.1, 0.15) is 31.2 Å². The van der Waals surface area contributed by atoms with Gasteiger partial charge in [-0.05, 0) is 43.4 Å². The summed E-state index contributed by atoms with van der Waals surface area (Å²) < 4.78 is 15.9. The summed E-state index contributed by atoms with van der Waals surface area (Å²) in [5.74, 6) is 0.131. The summed E-state index contributed by atoms with van der Waals surface area (Å²) in [5.41, 5.74) is 1.51. The second kappa shape index (κ2) is 3.69. The first-order valence-electron chi connectivity index (χ1n) is 6.03. The van der Waals surface area contributed by atoms with Crippen LogP contribution in [0.5, 0.6) is 0 Å². The average molecular weight is 231 g/mol. The molecule has 0 saturated heterocycles. The van der Waals surface area contributed by atoms with Crippen LogP contribution >= 0.6 is 0 Å². The number of aryl methyl sites for hydroxylation is 1. The Morgan fingerprint density at radius 2 is 2.18 bits per heavy atom. The lowest BCUT2D eigenvalue weighted by atomic mass is 10.1. The molecule has 0 aliphatic heterocycles. The van der Waals surface area contributed by atoms with Gasteiger partial charge >= 0.3 is 0 Å². The second-order valence-electron chi connectivity index (χ2n) is 4.63. The van der Waals surface area contributed by atoms with E-state index in [9.17, 15) is 9.18 Å². The standard InChI is InChI=1S/C14H14FNO/c1-2-16-6-5-14(17)11-7-12(15)10(8-13(11)16)9-3-4-9/h5-9H,2-4H2,1H3. The molecule has 0 amide bonds. The minimum atomic E-state index is -0.231. The van der Waals surface area contributed by atoms with Gasteiger partial charge in [-0.3, -0.25) is 4.79 Å². The Morgan fingerprint density at radius 1 is 1.41 bits per heavy atom. The molecule has 1 aliphatic rings. The first-order valence-corrected chi connectivity index (χ1v) is 6.03. The van der Waals surface area contributed by atoms with Crippen LogP contribution in [0, 0.1) is 5.82 Å². The lowest BCUT2D eigenvalue weighted by Gasteiger charge is -2.10. The van der Waals surface area contributed by atoms with Crippen molar-refractivity contribution in [2.45, 2.75) is 32.2 Å². The third-order valence-corrected chi connectivity index (χ3v) is 3.45. The lowest BCUT2D eigenvalue weighted by Crippen LogP contribution is -2.08. The van der Waals surface area contributed by atoms with Crippen LogP contribution in [-0.4, -0.2) is 4.57 Å². The molecule has 1 aliphatic carbocycles. The number of rotatable bonds is 2. The fraction of sp³-hybridized carbons (Fsp3) is 0.357. The number of fused-ring (bicyclic) bond motifs is 1. The average Bonchev–Trinajstić information content (AvgIpc) is 3.14. The van der Waals surface area contributed by atoms with Crippen molar-refractivity contribution in [1.29, 1.82) is 0 Å². The first-order chi connectivity index (χ1) is 8.20. The van der Waals surface area contributed by atoms with Gasteiger partial charge in [-0.15, -0.1) is 0 Å². The van der Waals surface area contributed by atoms with Gasteiger partial charge in [-0.2, -0.15) is 0 Å². The minimum Gasteiger partial charge on any atom is -0.348 e. The van der Waals surface area contributed by atoms with Gasteiger partial charge in [0.05, 0.1) is 5.52 Å². The van der Waals surface area contributed by atoms with Crippen LogP contribution in [0.4, 0.5) is 4.39 Å². The van der Waals surface area contributed by atoms with Gasteiger partial charge in [-0.25, -0.2) is 4.39 Å². The van der Waals surface area contributed by atoms with E-state index in [2.05, 4.69) is 0 Å². The summed E-state index contributed by atoms with van der Waals surface area (Å²) in [6.07, 6.45) is 3.90. The van der Waals surface area contributed by atoms with Crippen molar-refractivity contribution in [1.82, 2.24) is 4.57 Å². The van der Waals surface area contributed by atoms with Gasteiger partial charge in [0.15, 0.2) is 5.43 Å². The molecule has 0 bridgehead atoms. The number of benzene rings is 1. The molecule has 88 valence electrons. The van der Waals surface area contributed by atoms with Crippen LogP contribution in [-0.2, 0) is 6.54 Å². The van der Waals surface area contributed by atoms with Gasteiger partial charge in [0.25, 0.3) is 0 Å². The zero-order valence-electron chi connectivity index (χ0n) is 9.74. The topological polar surface area (TPSA) is 22.0 Å². The first kappa shape index (κ1) is 10.5. The van der Waals surface area contributed by atoms with Gasteiger partial charge in [-0.1, -0.05) is 0 Å². The van der Waals surface area contributed by atoms with E-state index in [-0.39, 0.29) is 11.2 Å². The molecule has 0 atom stereocenters. The zero-order valence-corrected chi connectivity index (χ0v) is 9.74. The molecule has 0 unspecified atom stereocenters. The summed E-state index contributed by atoms with van der Waals surface area (Å²) in [4.78, 5) is 11.7. The smallest absolute Gasteiger partial charge is 0.189 e. The van der Waals surface area contributed by atoms with Gasteiger partial charge in [0.2, 0.25) is 0 Å². The van der Waals surface area contributed by atoms with Crippen molar-refractivity contribution < 1.29 is 4.39 Å². The van der Waals surface area contributed by atoms with E-state index >= 15 is 0 Å². The predicted octanol–water partition coefficient (Wildman–Crippen LogP) is 3.04. The van der Waals surface area contributed by atoms with Gasteiger partial charge in [0, 0.05) is 24.2 Å². The molecule has 2 nitrogen and oxygen atoms in total. The van der Waals surface area contributed by atoms with Crippen molar-refractivity contribution in [2.75, 3.05) is 0 Å². The molecular weight excluding hydrogens is 217 g/mol. The van der Waals surface area contributed by atoms with E-state index in [4.69, 9.17) is 0 Å². The number of hydrogen-bond acceptors (Lipinski definition) is 1. The summed E-state index contributed by atoms with van der Waals surface area (Å²) in [6, 6.07) is 4.76. The second-order valence-corrected chi connectivity index (χ2v) is 4.63. The van der Waals surface area contributed by atoms with Crippen LogP contribution in [0.3, 0.4) is 0 Å². The molecule has 1 aromatic carbocycles. The Bertz CT molecular complexity index is 640. The van der Waals surface area contributed by atoms with E-state index in [0.717, 1.165) is 30.5 Å². The number of nitrogens with zero attached hydrogens (tertiary/aromatic N) is 1. The van der Waals surface area contributed by atoms with Crippen LogP contribution in [0.2, 0.25) is 0 Å². The molecule has 0 N–H and O–H groups in total. The highest BCUT2D eigenvalue weighted by Crippen LogP contribution is 2.42. The Labute approximate surface area is 98.7 Å². The summed E-state index contributed by atoms with van der Waals surface area (Å²) in [5, 5.41) is 0.483. The maximum absolute atomic E-state index is 13.9. The molecule has 0 spiro atoms. The fourth-order valence-corrected chi connectivity index (χ4v) is 2.32. The Kier molecular flexibility index (Phi) is 2.28. The van der Waals surface area contributed by atoms with Crippen LogP contribution < -0.4 is 5.43 Å². The molecule has 2 aromatic rings. The van der Waals surface area contributed by atoms with E-state index in [0.29, 0.717) is 11.3 Å². The quantitative estimate of drug-likeness (QED) is 0.778. The molecule has 3 rings (SSSR count). The van der Waals surface area contributed by atoms with Crippen LogP contribution in [0.25, 0.3) is 10.9 Å². The Hall–Kier alpha value is -1.64. The Balaban J connectivity index is 2.35. The lowest BCUT2D eigenvalue weighted by molar-refractivity contribution is 0.612. The molecule has 1 saturated carbocycles. The highest BCUT2D eigenvalue weighted by molar-refractivity contribution is 5.80. The molecule has 3 heteroatoms. The summed E-state index contributed by atoms with van der Waals surface area (Å²) in [7, 11) is 0. The highest BCUT2D eigenvalue weighted by atomic mass is 19.1. The van der Waals surface area contributed by atoms with E-state index in [1.165, 1.54) is 12.1 Å². The largest absolute Gasteiger partial charge is 0.348 e. The van der Waals surface area contributed by atoms with Crippen molar-refractivity contribution in [3.63, 3.8) is 0 Å². The normalized spacial score (nSPS) is 15.4. The number of pyridine rings is 1. The monoisotopic (exact) mass is 231 g/mol. The highest BCUT2D eigenvalue weighted by Gasteiger charge is 2.27. The molecule has 1 fully saturated rings. The fourth-order valence-electron chi connectivity index (χ4n) is 2.32. The van der Waals surface area contributed by atoms with Crippen molar-refractivity contribution in [3.05, 3.63) is 46.0 Å². The third-order valence-electron chi connectivity index (χ3n) is 3.45. The molecule has 0 radical (unpaired) electrons. The maximum atomic E-state index is 13.9. The van der Waals surface area contributed by atoms with Gasteiger partial charge < -0.3 is 4.57 Å². The number of halogens is 1. The van der Waals surface area contributed by atoms with Crippen LogP contribution in [0.15, 0.2) is 29.2 Å². The number of hydrogen-bond donors (Lipinski definition) is 0. The van der Waals surface area contributed by atoms with E-state index in [1.54, 1.807) is 6.20 Å². The molecule has 17 heavy (non-hydrogen) atoms. The SMILES string of the molecule is CCn1ccc(=O)c2cc(F)c(C3CC3)cc21. The summed E-state index contributed by atoms with van der Waals surface area (Å²) in [6.45, 7) is 2.80. The molecular formula is C14H14FNO. The van der Waals surface area contributed by atoms with Crippen molar-refractivity contribution in [3.8, 4) is 0 Å². The predicted molar refractivity (Wildman–Crippen MR) is 65.8 cm³/mol. The zero-order chi connectivity index (χ0) is 12.0. The number of aromatic nitrogens is 1. The summed E-state index contributed by atoms with van der Waals surface area (Å²) >= 11 is 0. The molecule has 1 heterocycles. The Morgan fingerprint density at radius 3 is 2.82 bits per heavy atom. The molecule has 1 aromatic heterocycles. The van der Waals surface area contributed by atoms with Crippen molar-refractivity contribution in [2.24, 2.45) is 0 Å². The minimum absolute atomic E-state index is 0.106. The van der Waals surface area contributed by atoms with Crippen molar-refractivity contribution >= 4 is 10.9 Å². The third kappa shape index (κ3) is 1.66. The van der Waals surface area contributed by atoms with Gasteiger partial charge in [0.1, 0.15) is 5.82 Å². The van der Waals surface area contributed by atoms with E-state index < -0.39 is 0 Å². The maximum Gasteiger partial charge on any atom is 0.189 e. The van der Waals surface area contributed by atoms with E-state index in [1.807, 2.05) is 17.6 Å².